The minimum Gasteiger partial charge on any atom is -0.457 e. The van der Waals surface area contributed by atoms with E-state index in [1.807, 2.05) is 0 Å². The Kier molecular flexibility index (Phi) is 6.20. The van der Waals surface area contributed by atoms with Crippen LogP contribution in [0.2, 0.25) is 0 Å². The summed E-state index contributed by atoms with van der Waals surface area (Å²) in [6.07, 6.45) is -2.36. The van der Waals surface area contributed by atoms with Gasteiger partial charge in [0.15, 0.2) is 18.3 Å². The molecule has 0 aromatic heterocycles. The molecule has 2 N–H and O–H groups in total. The van der Waals surface area contributed by atoms with Crippen LogP contribution in [0.15, 0.2) is 0 Å². The highest BCUT2D eigenvalue weighted by Crippen LogP contribution is 2.63. The maximum Gasteiger partial charge on any atom is 0.405 e. The molecular formula is C19H24F2O10S2. The zero-order chi connectivity index (χ0) is 24.3. The lowest BCUT2D eigenvalue weighted by Gasteiger charge is -2.39. The predicted molar refractivity (Wildman–Crippen MR) is 107 cm³/mol. The minimum absolute atomic E-state index is 0.233. The average molecular weight is 515 g/mol. The third kappa shape index (κ3) is 4.12. The van der Waals surface area contributed by atoms with Gasteiger partial charge < -0.3 is 19.3 Å². The molecule has 4 aliphatic rings. The first-order valence-corrected chi connectivity index (χ1v) is 13.0. The predicted octanol–water partition coefficient (Wildman–Crippen LogP) is 1.05. The Morgan fingerprint density at radius 2 is 1.85 bits per heavy atom. The van der Waals surface area contributed by atoms with Crippen molar-refractivity contribution < 1.29 is 55.5 Å². The lowest BCUT2D eigenvalue weighted by atomic mass is 9.69. The SMILES string of the molecule is CC(OC(=O)CCC(=O)OC1C2OC(=O)C3C2SC1C3C1(O)CCCC1)C(F)(F)S(=O)(=O)O. The van der Waals surface area contributed by atoms with Crippen molar-refractivity contribution in [3.05, 3.63) is 0 Å². The number of aliphatic hydroxyl groups is 1. The first-order chi connectivity index (χ1) is 15.3. The molecule has 3 saturated heterocycles. The number of thioether (sulfide) groups is 1. The van der Waals surface area contributed by atoms with Crippen molar-refractivity contribution >= 4 is 39.8 Å². The quantitative estimate of drug-likeness (QED) is 0.271. The lowest BCUT2D eigenvalue weighted by molar-refractivity contribution is -0.165. The van der Waals surface area contributed by atoms with E-state index >= 15 is 0 Å². The van der Waals surface area contributed by atoms with Gasteiger partial charge in [-0.2, -0.15) is 17.2 Å². The molecule has 0 amide bonds. The zero-order valence-electron chi connectivity index (χ0n) is 17.5. The molecule has 186 valence electrons. The lowest BCUT2D eigenvalue weighted by Crippen LogP contribution is -2.53. The molecule has 4 rings (SSSR count). The van der Waals surface area contributed by atoms with Gasteiger partial charge in [-0.15, -0.1) is 11.8 Å². The van der Waals surface area contributed by atoms with Gasteiger partial charge >= 0.3 is 33.3 Å². The van der Waals surface area contributed by atoms with Crippen LogP contribution in [0.5, 0.6) is 0 Å². The Morgan fingerprint density at radius 3 is 2.45 bits per heavy atom. The average Bonchev–Trinajstić information content (AvgIpc) is 3.43. The van der Waals surface area contributed by atoms with Crippen molar-refractivity contribution in [1.82, 2.24) is 0 Å². The number of alkyl halides is 2. The van der Waals surface area contributed by atoms with Gasteiger partial charge in [-0.3, -0.25) is 18.9 Å². The summed E-state index contributed by atoms with van der Waals surface area (Å²) in [5.41, 5.74) is -1.03. The van der Waals surface area contributed by atoms with Gasteiger partial charge in [0.1, 0.15) is 0 Å². The van der Waals surface area contributed by atoms with Gasteiger partial charge in [-0.1, -0.05) is 12.8 Å². The van der Waals surface area contributed by atoms with Gasteiger partial charge in [-0.05, 0) is 19.8 Å². The summed E-state index contributed by atoms with van der Waals surface area (Å²) in [4.78, 5) is 36.6. The highest BCUT2D eigenvalue weighted by atomic mass is 32.2. The van der Waals surface area contributed by atoms with Gasteiger partial charge in [0.2, 0.25) is 0 Å². The van der Waals surface area contributed by atoms with Crippen molar-refractivity contribution in [3.8, 4) is 0 Å². The molecule has 7 atom stereocenters. The van der Waals surface area contributed by atoms with E-state index in [4.69, 9.17) is 14.0 Å². The molecule has 0 spiro atoms. The van der Waals surface area contributed by atoms with E-state index in [-0.39, 0.29) is 10.5 Å². The Morgan fingerprint density at radius 1 is 1.24 bits per heavy atom. The van der Waals surface area contributed by atoms with Gasteiger partial charge in [0.05, 0.1) is 34.9 Å². The molecule has 0 aromatic rings. The summed E-state index contributed by atoms with van der Waals surface area (Å²) in [6, 6.07) is 0. The second-order valence-electron chi connectivity index (χ2n) is 8.95. The Balaban J connectivity index is 1.35. The van der Waals surface area contributed by atoms with E-state index < -0.39 is 81.9 Å². The number of fused-ring (bicyclic) bond motifs is 1. The zero-order valence-corrected chi connectivity index (χ0v) is 19.1. The molecule has 4 fully saturated rings. The molecule has 0 radical (unpaired) electrons. The van der Waals surface area contributed by atoms with Crippen molar-refractivity contribution in [2.75, 3.05) is 0 Å². The molecule has 33 heavy (non-hydrogen) atoms. The maximum atomic E-state index is 13.5. The van der Waals surface area contributed by atoms with Crippen LogP contribution < -0.4 is 0 Å². The van der Waals surface area contributed by atoms with Crippen LogP contribution in [0, 0.1) is 11.8 Å². The molecule has 10 nitrogen and oxygen atoms in total. The fraction of sp³-hybridized carbons (Fsp3) is 0.842. The van der Waals surface area contributed by atoms with Crippen LogP contribution in [0.3, 0.4) is 0 Å². The fourth-order valence-electron chi connectivity index (χ4n) is 5.37. The Labute approximate surface area is 192 Å². The number of carbonyl (C=O) groups is 3. The first kappa shape index (κ1) is 24.6. The topological polar surface area (TPSA) is 154 Å². The monoisotopic (exact) mass is 514 g/mol. The first-order valence-electron chi connectivity index (χ1n) is 10.6. The maximum absolute atomic E-state index is 13.5. The van der Waals surface area contributed by atoms with Crippen molar-refractivity contribution in [1.29, 1.82) is 0 Å². The van der Waals surface area contributed by atoms with Gasteiger partial charge in [0.25, 0.3) is 0 Å². The van der Waals surface area contributed by atoms with Crippen molar-refractivity contribution in [2.45, 2.75) is 85.1 Å². The summed E-state index contributed by atoms with van der Waals surface area (Å²) in [5.74, 6) is -3.41. The number of hydrogen-bond acceptors (Lipinski definition) is 10. The number of carbonyl (C=O) groups excluding carboxylic acids is 3. The number of esters is 3. The van der Waals surface area contributed by atoms with E-state index in [0.717, 1.165) is 12.8 Å². The number of ether oxygens (including phenoxy) is 3. The fourth-order valence-corrected chi connectivity index (χ4v) is 7.97. The molecule has 3 heterocycles. The molecule has 3 aliphatic heterocycles. The standard InChI is InChI=1S/C19H24F2O10S2/c1-8(19(20,21)33(26,27)28)29-9(22)4-5-10(23)30-14-13-15-11(17(24)31-13)12(16(14)32-15)18(25)6-2-3-7-18/h8,11-16,25H,2-7H2,1H3,(H,26,27,28). The van der Waals surface area contributed by atoms with Crippen LogP contribution in [-0.4, -0.2) is 75.7 Å². The van der Waals surface area contributed by atoms with E-state index in [1.165, 1.54) is 11.8 Å². The number of halogens is 2. The summed E-state index contributed by atoms with van der Waals surface area (Å²) in [6.45, 7) is 0.592. The summed E-state index contributed by atoms with van der Waals surface area (Å²) in [7, 11) is -5.79. The molecule has 1 aliphatic carbocycles. The van der Waals surface area contributed by atoms with Gasteiger partial charge in [-0.25, -0.2) is 0 Å². The second-order valence-corrected chi connectivity index (χ2v) is 11.8. The third-order valence-corrected chi connectivity index (χ3v) is 9.69. The summed E-state index contributed by atoms with van der Waals surface area (Å²) < 4.78 is 72.2. The van der Waals surface area contributed by atoms with Crippen molar-refractivity contribution in [2.24, 2.45) is 11.8 Å². The number of hydrogen-bond donors (Lipinski definition) is 2. The minimum atomic E-state index is -5.79. The second kappa shape index (κ2) is 8.31. The third-order valence-electron chi connectivity index (χ3n) is 6.92. The van der Waals surface area contributed by atoms with E-state index in [0.29, 0.717) is 19.8 Å². The Hall–Kier alpha value is -1.51. The largest absolute Gasteiger partial charge is 0.457 e. The number of rotatable bonds is 8. The molecule has 1 saturated carbocycles. The highest BCUT2D eigenvalue weighted by molar-refractivity contribution is 8.01. The highest BCUT2D eigenvalue weighted by Gasteiger charge is 2.72. The molecular weight excluding hydrogens is 490 g/mol. The van der Waals surface area contributed by atoms with E-state index in [2.05, 4.69) is 4.74 Å². The smallest absolute Gasteiger partial charge is 0.405 e. The molecule has 2 bridgehead atoms. The van der Waals surface area contributed by atoms with Crippen LogP contribution in [0.4, 0.5) is 8.78 Å². The van der Waals surface area contributed by atoms with Crippen LogP contribution in [0.1, 0.15) is 45.4 Å². The normalized spacial score (nSPS) is 35.4. The van der Waals surface area contributed by atoms with E-state index in [9.17, 15) is 36.7 Å². The summed E-state index contributed by atoms with van der Waals surface area (Å²) in [5, 5.41) is 5.86. The Bertz CT molecular complexity index is 948. The molecule has 0 aromatic carbocycles. The summed E-state index contributed by atoms with van der Waals surface area (Å²) >= 11 is 1.46. The van der Waals surface area contributed by atoms with E-state index in [1.54, 1.807) is 0 Å². The van der Waals surface area contributed by atoms with Crippen LogP contribution in [0.25, 0.3) is 0 Å². The van der Waals surface area contributed by atoms with Gasteiger partial charge in [0, 0.05) is 5.92 Å². The van der Waals surface area contributed by atoms with Crippen LogP contribution in [-0.2, 0) is 38.7 Å². The van der Waals surface area contributed by atoms with Crippen molar-refractivity contribution in [3.63, 3.8) is 0 Å². The molecule has 7 unspecified atom stereocenters. The van der Waals surface area contributed by atoms with Crippen LogP contribution >= 0.6 is 11.8 Å². The molecule has 14 heteroatoms.